The number of rotatable bonds is 6. The van der Waals surface area contributed by atoms with Gasteiger partial charge in [-0.25, -0.2) is 0 Å². The number of nitrogens with zero attached hydrogens (tertiary/aromatic N) is 2. The summed E-state index contributed by atoms with van der Waals surface area (Å²) < 4.78 is 7.48. The van der Waals surface area contributed by atoms with Gasteiger partial charge in [-0.1, -0.05) is 0 Å². The fourth-order valence-corrected chi connectivity index (χ4v) is 2.36. The molecule has 6 nitrogen and oxygen atoms in total. The second-order valence-corrected chi connectivity index (χ2v) is 5.25. The van der Waals surface area contributed by atoms with Crippen LogP contribution in [0, 0.1) is 13.8 Å². The smallest absolute Gasteiger partial charge is 0.220 e. The lowest BCUT2D eigenvalue weighted by Gasteiger charge is -2.23. The lowest BCUT2D eigenvalue weighted by Crippen LogP contribution is -2.45. The van der Waals surface area contributed by atoms with Crippen LogP contribution in [0.25, 0.3) is 0 Å². The summed E-state index contributed by atoms with van der Waals surface area (Å²) in [6.07, 6.45) is 1.43. The Morgan fingerprint density at radius 2 is 2.45 bits per heavy atom. The number of ether oxygens (including phenoxy) is 1. The van der Waals surface area contributed by atoms with Crippen molar-refractivity contribution in [2.45, 2.75) is 39.3 Å². The first-order valence-corrected chi connectivity index (χ1v) is 7.25. The molecule has 0 bridgehead atoms. The normalized spacial score (nSPS) is 19.0. The second-order valence-electron chi connectivity index (χ2n) is 5.25. The number of aromatic nitrogens is 2. The second kappa shape index (κ2) is 7.40. The average molecular weight is 280 g/mol. The van der Waals surface area contributed by atoms with Crippen molar-refractivity contribution in [1.82, 2.24) is 20.4 Å². The molecule has 1 atom stereocenters. The van der Waals surface area contributed by atoms with Gasteiger partial charge in [-0.15, -0.1) is 0 Å². The maximum atomic E-state index is 11.7. The molecule has 112 valence electrons. The summed E-state index contributed by atoms with van der Waals surface area (Å²) in [6.45, 7) is 7.82. The summed E-state index contributed by atoms with van der Waals surface area (Å²) in [6, 6.07) is 2.05. The zero-order valence-corrected chi connectivity index (χ0v) is 12.3. The number of nitrogens with one attached hydrogen (secondary N) is 2. The molecule has 2 heterocycles. The minimum atomic E-state index is 0.0840. The minimum absolute atomic E-state index is 0.0840. The van der Waals surface area contributed by atoms with Gasteiger partial charge in [0.15, 0.2) is 0 Å². The Hall–Kier alpha value is -1.40. The van der Waals surface area contributed by atoms with Crippen molar-refractivity contribution in [2.75, 3.05) is 26.2 Å². The summed E-state index contributed by atoms with van der Waals surface area (Å²) in [7, 11) is 0. The first-order valence-electron chi connectivity index (χ1n) is 7.25. The van der Waals surface area contributed by atoms with Gasteiger partial charge in [-0.05, 0) is 26.3 Å². The molecular weight excluding hydrogens is 256 g/mol. The van der Waals surface area contributed by atoms with E-state index in [4.69, 9.17) is 4.74 Å². The molecule has 0 radical (unpaired) electrons. The van der Waals surface area contributed by atoms with Crippen LogP contribution in [0.5, 0.6) is 0 Å². The molecule has 6 heteroatoms. The van der Waals surface area contributed by atoms with Crippen LogP contribution in [0.2, 0.25) is 0 Å². The van der Waals surface area contributed by atoms with Crippen LogP contribution in [-0.4, -0.2) is 48.0 Å². The summed E-state index contributed by atoms with van der Waals surface area (Å²) in [5.41, 5.74) is 2.17. The van der Waals surface area contributed by atoms with E-state index in [1.807, 2.05) is 24.6 Å². The Labute approximate surface area is 119 Å². The van der Waals surface area contributed by atoms with Crippen molar-refractivity contribution in [2.24, 2.45) is 0 Å². The molecule has 0 unspecified atom stereocenters. The average Bonchev–Trinajstić information content (AvgIpc) is 2.76. The fraction of sp³-hybridized carbons (Fsp3) is 0.714. The summed E-state index contributed by atoms with van der Waals surface area (Å²) >= 11 is 0. The van der Waals surface area contributed by atoms with Crippen LogP contribution in [-0.2, 0) is 16.1 Å². The first-order chi connectivity index (χ1) is 9.65. The van der Waals surface area contributed by atoms with Crippen molar-refractivity contribution in [3.05, 3.63) is 17.5 Å². The van der Waals surface area contributed by atoms with Gasteiger partial charge in [-0.3, -0.25) is 9.48 Å². The van der Waals surface area contributed by atoms with E-state index in [0.717, 1.165) is 44.0 Å². The number of carbonyl (C=O) groups excluding carboxylic acids is 1. The molecule has 1 amide bonds. The van der Waals surface area contributed by atoms with Crippen molar-refractivity contribution < 1.29 is 9.53 Å². The van der Waals surface area contributed by atoms with Crippen molar-refractivity contribution in [3.63, 3.8) is 0 Å². The van der Waals surface area contributed by atoms with E-state index in [1.165, 1.54) is 0 Å². The van der Waals surface area contributed by atoms with Crippen LogP contribution in [0.1, 0.15) is 24.2 Å². The maximum absolute atomic E-state index is 11.7. The third-order valence-electron chi connectivity index (χ3n) is 3.41. The topological polar surface area (TPSA) is 68.2 Å². The van der Waals surface area contributed by atoms with Crippen molar-refractivity contribution in [1.29, 1.82) is 0 Å². The molecule has 0 spiro atoms. The van der Waals surface area contributed by atoms with E-state index in [-0.39, 0.29) is 12.0 Å². The van der Waals surface area contributed by atoms with Gasteiger partial charge < -0.3 is 15.4 Å². The highest BCUT2D eigenvalue weighted by Gasteiger charge is 2.14. The molecule has 20 heavy (non-hydrogen) atoms. The Morgan fingerprint density at radius 1 is 1.60 bits per heavy atom. The third-order valence-corrected chi connectivity index (χ3v) is 3.41. The Bertz CT molecular complexity index is 438. The lowest BCUT2D eigenvalue weighted by molar-refractivity contribution is -0.122. The first kappa shape index (κ1) is 15.0. The van der Waals surface area contributed by atoms with Crippen LogP contribution in [0.4, 0.5) is 0 Å². The number of hydrogen-bond acceptors (Lipinski definition) is 4. The van der Waals surface area contributed by atoms with E-state index in [0.29, 0.717) is 13.0 Å². The van der Waals surface area contributed by atoms with E-state index in [9.17, 15) is 4.79 Å². The number of carbonyl (C=O) groups is 1. The van der Waals surface area contributed by atoms with Crippen molar-refractivity contribution in [3.8, 4) is 0 Å². The zero-order chi connectivity index (χ0) is 14.4. The fourth-order valence-electron chi connectivity index (χ4n) is 2.36. The number of aryl methyl sites for hydroxylation is 3. The third kappa shape index (κ3) is 4.61. The zero-order valence-electron chi connectivity index (χ0n) is 12.3. The Morgan fingerprint density at radius 3 is 3.10 bits per heavy atom. The molecule has 0 aromatic carbocycles. The molecule has 1 saturated heterocycles. The van der Waals surface area contributed by atoms with Crippen LogP contribution in [0.3, 0.4) is 0 Å². The quantitative estimate of drug-likeness (QED) is 0.791. The Kier molecular flexibility index (Phi) is 5.55. The molecular formula is C14H24N4O2. The highest BCUT2D eigenvalue weighted by molar-refractivity contribution is 5.75. The number of hydrogen-bond donors (Lipinski definition) is 2. The molecule has 1 aromatic rings. The van der Waals surface area contributed by atoms with Gasteiger partial charge >= 0.3 is 0 Å². The largest absolute Gasteiger partial charge is 0.374 e. The van der Waals surface area contributed by atoms with Gasteiger partial charge in [-0.2, -0.15) is 5.10 Å². The van der Waals surface area contributed by atoms with Crippen LogP contribution >= 0.6 is 0 Å². The molecule has 0 saturated carbocycles. The predicted molar refractivity (Wildman–Crippen MR) is 76.6 cm³/mol. The van der Waals surface area contributed by atoms with Gasteiger partial charge in [0.05, 0.1) is 18.4 Å². The Balaban J connectivity index is 1.61. The standard InChI is InChI=1S/C14H24N4O2/c1-11-8-12(2)18(17-11)6-3-4-14(19)16-10-13-9-15-5-7-20-13/h8,13,15H,3-7,9-10H2,1-2H3,(H,16,19)/t13-/m0/s1. The molecule has 2 N–H and O–H groups in total. The van der Waals surface area contributed by atoms with Crippen LogP contribution < -0.4 is 10.6 Å². The molecule has 1 aromatic heterocycles. The number of amides is 1. The highest BCUT2D eigenvalue weighted by Crippen LogP contribution is 2.04. The maximum Gasteiger partial charge on any atom is 0.220 e. The monoisotopic (exact) mass is 280 g/mol. The van der Waals surface area contributed by atoms with Crippen LogP contribution in [0.15, 0.2) is 6.07 Å². The van der Waals surface area contributed by atoms with E-state index < -0.39 is 0 Å². The van der Waals surface area contributed by atoms with Gasteiger partial charge in [0.1, 0.15) is 0 Å². The summed E-state index contributed by atoms with van der Waals surface area (Å²) in [5.74, 6) is 0.0840. The highest BCUT2D eigenvalue weighted by atomic mass is 16.5. The molecule has 2 rings (SSSR count). The van der Waals surface area contributed by atoms with E-state index in [1.54, 1.807) is 0 Å². The van der Waals surface area contributed by atoms with Gasteiger partial charge in [0, 0.05) is 38.3 Å². The molecule has 1 aliphatic rings. The summed E-state index contributed by atoms with van der Waals surface area (Å²) in [4.78, 5) is 11.7. The van der Waals surface area contributed by atoms with E-state index in [2.05, 4.69) is 15.7 Å². The van der Waals surface area contributed by atoms with E-state index >= 15 is 0 Å². The number of morpholine rings is 1. The SMILES string of the molecule is Cc1cc(C)n(CCCC(=O)NC[C@@H]2CNCCO2)n1. The summed E-state index contributed by atoms with van der Waals surface area (Å²) in [5, 5.41) is 10.6. The lowest BCUT2D eigenvalue weighted by atomic mass is 10.2. The predicted octanol–water partition coefficient (Wildman–Crippen LogP) is 0.385. The van der Waals surface area contributed by atoms with Gasteiger partial charge in [0.25, 0.3) is 0 Å². The van der Waals surface area contributed by atoms with Gasteiger partial charge in [0.2, 0.25) is 5.91 Å². The minimum Gasteiger partial charge on any atom is -0.374 e. The molecule has 0 aliphatic carbocycles. The molecule has 1 aliphatic heterocycles. The molecule has 1 fully saturated rings. The van der Waals surface area contributed by atoms with Crippen molar-refractivity contribution >= 4 is 5.91 Å².